The van der Waals surface area contributed by atoms with Crippen molar-refractivity contribution in [3.63, 3.8) is 0 Å². The Morgan fingerprint density at radius 1 is 0.533 bits per heavy atom. The van der Waals surface area contributed by atoms with Crippen LogP contribution in [0.2, 0.25) is 0 Å². The molecule has 2 atom stereocenters. The van der Waals surface area contributed by atoms with Crippen LogP contribution in [-0.2, 0) is 30.4 Å². The van der Waals surface area contributed by atoms with E-state index in [4.69, 9.17) is 17.7 Å². The summed E-state index contributed by atoms with van der Waals surface area (Å²) < 4.78 is 28.7. The highest BCUT2D eigenvalue weighted by Gasteiger charge is 2.36. The molecule has 0 spiro atoms. The lowest BCUT2D eigenvalue weighted by Crippen LogP contribution is -2.32. The molecule has 2 aliphatic rings. The molecule has 0 saturated heterocycles. The van der Waals surface area contributed by atoms with E-state index in [2.05, 4.69) is 164 Å². The van der Waals surface area contributed by atoms with Crippen molar-refractivity contribution in [2.75, 3.05) is 13.7 Å². The summed E-state index contributed by atoms with van der Waals surface area (Å²) in [6, 6.07) is 59.1. The standard InChI is InChI=1S/C54H50O4P2/c1-55-37-49(54(40-25-11-4-12-26-40)59(43-29-13-5-14-30-43)44-31-15-6-16-32-44)56-60-57-52-47(38-21-7-2-8-22-38)35-41-27-17-19-33-45(41)50(52)51-46-34-20-18-28-42(46)36-48(53(51)58-60)39-23-9-3-10-24-39/h2-16,21-26,29-32,35-36,49,54H,17-20,27-28,33-34,37H2,1H3/t49-,54+/m0/s1. The van der Waals surface area contributed by atoms with Crippen molar-refractivity contribution in [3.8, 4) is 22.3 Å². The third kappa shape index (κ3) is 7.68. The topological polar surface area (TPSA) is 44.7 Å². The third-order valence-corrected chi connectivity index (χ3v) is 16.4. The fourth-order valence-corrected chi connectivity index (χ4v) is 13.8. The van der Waals surface area contributed by atoms with E-state index in [0.29, 0.717) is 6.61 Å². The van der Waals surface area contributed by atoms with Crippen LogP contribution in [0.15, 0.2) is 172 Å². The van der Waals surface area contributed by atoms with Gasteiger partial charge < -0.3 is 13.1 Å². The minimum atomic E-state index is -2.02. The summed E-state index contributed by atoms with van der Waals surface area (Å²) in [7, 11) is -1.23. The van der Waals surface area contributed by atoms with Gasteiger partial charge in [-0.05, 0) is 121 Å². The normalized spacial score (nSPS) is 14.8. The summed E-state index contributed by atoms with van der Waals surface area (Å²) >= 11 is 0. The zero-order valence-corrected chi connectivity index (χ0v) is 35.9. The largest absolute Gasteiger partial charge is 0.398 e. The molecule has 0 unspecified atom stereocenters. The maximum absolute atomic E-state index is 7.55. The van der Waals surface area contributed by atoms with Crippen LogP contribution in [0, 0.1) is 0 Å². The Kier molecular flexibility index (Phi) is 11.6. The lowest BCUT2D eigenvalue weighted by Gasteiger charge is -2.34. The molecular weight excluding hydrogens is 775 g/mol. The van der Waals surface area contributed by atoms with Crippen LogP contribution < -0.4 is 15.1 Å². The van der Waals surface area contributed by atoms with Gasteiger partial charge in [-0.15, -0.1) is 0 Å². The lowest BCUT2D eigenvalue weighted by molar-refractivity contribution is 0.102. The van der Waals surface area contributed by atoms with E-state index >= 15 is 0 Å². The van der Waals surface area contributed by atoms with E-state index in [1.54, 1.807) is 7.11 Å². The van der Waals surface area contributed by atoms with Crippen molar-refractivity contribution in [1.29, 1.82) is 0 Å². The van der Waals surface area contributed by atoms with Crippen molar-refractivity contribution in [2.24, 2.45) is 0 Å². The zero-order chi connectivity index (χ0) is 40.3. The van der Waals surface area contributed by atoms with Crippen LogP contribution in [0.4, 0.5) is 0 Å². The Morgan fingerprint density at radius 3 is 1.40 bits per heavy atom. The summed E-state index contributed by atoms with van der Waals surface area (Å²) in [5.74, 6) is 0. The van der Waals surface area contributed by atoms with Crippen molar-refractivity contribution >= 4 is 48.7 Å². The second-order valence-corrected chi connectivity index (χ2v) is 19.4. The molecule has 1 heterocycles. The van der Waals surface area contributed by atoms with Crippen LogP contribution in [0.25, 0.3) is 44.2 Å². The van der Waals surface area contributed by atoms with Gasteiger partial charge in [-0.2, -0.15) is 0 Å². The highest BCUT2D eigenvalue weighted by atomic mass is 31.1. The fraction of sp³-hybridized carbons (Fsp3) is 0.222. The molecule has 10 rings (SSSR count). The zero-order valence-electron chi connectivity index (χ0n) is 34.1. The number of hydrogen-bond donors (Lipinski definition) is 0. The van der Waals surface area contributed by atoms with Gasteiger partial charge in [-0.1, -0.05) is 152 Å². The van der Waals surface area contributed by atoms with Gasteiger partial charge in [0.05, 0.1) is 6.61 Å². The first kappa shape index (κ1) is 39.0. The lowest BCUT2D eigenvalue weighted by atomic mass is 9.81. The molecular formula is C54H50O4P2. The van der Waals surface area contributed by atoms with Crippen molar-refractivity contribution in [2.45, 2.75) is 63.1 Å². The van der Waals surface area contributed by atoms with Gasteiger partial charge in [0, 0.05) is 34.7 Å². The minimum absolute atomic E-state index is 0.0860. The predicted octanol–water partition coefficient (Wildman–Crippen LogP) is 13.7. The summed E-state index contributed by atoms with van der Waals surface area (Å²) in [6.45, 7) is 0.356. The van der Waals surface area contributed by atoms with Crippen LogP contribution in [-0.4, -0.2) is 19.8 Å². The first-order valence-electron chi connectivity index (χ1n) is 21.5. The molecule has 4 nitrogen and oxygen atoms in total. The molecule has 0 radical (unpaired) electrons. The first-order chi connectivity index (χ1) is 29.7. The molecule has 0 bridgehead atoms. The van der Waals surface area contributed by atoms with Crippen LogP contribution >= 0.6 is 16.2 Å². The molecule has 0 amide bonds. The van der Waals surface area contributed by atoms with Gasteiger partial charge in [0.2, 0.25) is 0 Å². The third-order valence-electron chi connectivity index (χ3n) is 12.3. The summed E-state index contributed by atoms with van der Waals surface area (Å²) in [6.07, 6.45) is 8.41. The van der Waals surface area contributed by atoms with Gasteiger partial charge in [-0.25, -0.2) is 0 Å². The summed E-state index contributed by atoms with van der Waals surface area (Å²) in [4.78, 5) is 0. The number of rotatable bonds is 11. The number of aryl methyl sites for hydroxylation is 4. The Bertz CT molecular complexity index is 2590. The van der Waals surface area contributed by atoms with E-state index in [-0.39, 0.29) is 5.66 Å². The second kappa shape index (κ2) is 17.8. The van der Waals surface area contributed by atoms with Crippen LogP contribution in [0.3, 0.4) is 0 Å². The molecule has 6 heteroatoms. The van der Waals surface area contributed by atoms with Crippen molar-refractivity contribution in [3.05, 3.63) is 192 Å². The number of benzene rings is 7. The van der Waals surface area contributed by atoms with E-state index in [1.807, 2.05) is 0 Å². The van der Waals surface area contributed by atoms with Crippen molar-refractivity contribution in [1.82, 2.24) is 0 Å². The number of hydrogen-bond acceptors (Lipinski definition) is 4. The average Bonchev–Trinajstić information content (AvgIpc) is 3.49. The Hall–Kier alpha value is -5.21. The Balaban J connectivity index is 1.29. The SMILES string of the molecule is COC[C@H](Op1oc2c(-c3ccccc3)cc3c(c2c2c4c(cc(-c5ccccc5)c2o1)CCCC4)CCCC3)[C@@H](c1ccccc1)P(c1ccccc1)c1ccccc1. The molecule has 0 saturated carbocycles. The monoisotopic (exact) mass is 824 g/mol. The summed E-state index contributed by atoms with van der Waals surface area (Å²) in [5.41, 5.74) is 13.0. The quantitative estimate of drug-likeness (QED) is 0.122. The minimum Gasteiger partial charge on any atom is -0.398 e. The van der Waals surface area contributed by atoms with Gasteiger partial charge >= 0.3 is 8.24 Å². The van der Waals surface area contributed by atoms with E-state index in [9.17, 15) is 0 Å². The molecule has 2 aliphatic carbocycles. The van der Waals surface area contributed by atoms with Gasteiger partial charge in [0.1, 0.15) is 6.10 Å². The highest BCUT2D eigenvalue weighted by molar-refractivity contribution is 7.73. The molecule has 300 valence electrons. The van der Waals surface area contributed by atoms with Crippen LogP contribution in [0.5, 0.6) is 0 Å². The molecule has 1 aromatic heterocycles. The summed E-state index contributed by atoms with van der Waals surface area (Å²) in [5, 5.41) is 4.98. The molecule has 7 aromatic carbocycles. The first-order valence-corrected chi connectivity index (χ1v) is 24.0. The van der Waals surface area contributed by atoms with Crippen LogP contribution in [0.1, 0.15) is 59.2 Å². The molecule has 8 aromatic rings. The van der Waals surface area contributed by atoms with Gasteiger partial charge in [0.25, 0.3) is 0 Å². The van der Waals surface area contributed by atoms with E-state index in [1.165, 1.54) is 62.0 Å². The highest BCUT2D eigenvalue weighted by Crippen LogP contribution is 2.54. The number of ether oxygens (including phenoxy) is 1. The number of fused-ring (bicyclic) bond motifs is 7. The molecule has 0 aliphatic heterocycles. The van der Waals surface area contributed by atoms with Gasteiger partial charge in [0.15, 0.2) is 11.2 Å². The van der Waals surface area contributed by atoms with Crippen molar-refractivity contribution < 1.29 is 17.7 Å². The van der Waals surface area contributed by atoms with E-state index in [0.717, 1.165) is 71.9 Å². The van der Waals surface area contributed by atoms with E-state index < -0.39 is 22.3 Å². The second-order valence-electron chi connectivity index (χ2n) is 16.1. The number of methoxy groups -OCH3 is 1. The smallest absolute Gasteiger partial charge is 0.387 e. The molecule has 60 heavy (non-hydrogen) atoms. The fourth-order valence-electron chi connectivity index (χ4n) is 9.65. The maximum atomic E-state index is 7.55. The Labute approximate surface area is 355 Å². The maximum Gasteiger partial charge on any atom is 0.387 e. The van der Waals surface area contributed by atoms with Gasteiger partial charge in [-0.3, -0.25) is 4.52 Å². The molecule has 0 fully saturated rings. The Morgan fingerprint density at radius 2 is 0.950 bits per heavy atom. The average molecular weight is 825 g/mol. The molecule has 0 N–H and O–H groups in total. The predicted molar refractivity (Wildman–Crippen MR) is 251 cm³/mol.